The summed E-state index contributed by atoms with van der Waals surface area (Å²) < 4.78 is 0. The van der Waals surface area contributed by atoms with Crippen molar-refractivity contribution in [2.45, 2.75) is 32.7 Å². The van der Waals surface area contributed by atoms with Crippen LogP contribution in [0.4, 0.5) is 0 Å². The molecule has 1 aromatic rings. The van der Waals surface area contributed by atoms with Gasteiger partial charge in [-0.25, -0.2) is 0 Å². The van der Waals surface area contributed by atoms with E-state index in [1.54, 1.807) is 24.2 Å². The Labute approximate surface area is 101 Å². The van der Waals surface area contributed by atoms with Crippen molar-refractivity contribution in [2.75, 3.05) is 7.05 Å². The van der Waals surface area contributed by atoms with E-state index in [4.69, 9.17) is 11.6 Å². The zero-order valence-electron chi connectivity index (χ0n) is 10.1. The molecule has 3 nitrogen and oxygen atoms in total. The van der Waals surface area contributed by atoms with E-state index in [1.165, 1.54) is 6.20 Å². The van der Waals surface area contributed by atoms with Gasteiger partial charge in [-0.3, -0.25) is 9.78 Å². The first-order valence-corrected chi connectivity index (χ1v) is 5.65. The van der Waals surface area contributed by atoms with Gasteiger partial charge >= 0.3 is 0 Å². The standard InChI is InChI=1S/C12H17ClN2O/c1-5-12(2,3)15(4)11(16)9-6-7-14-8-10(9)13/h6-8H,5H2,1-4H3. The Balaban J connectivity index is 3.00. The summed E-state index contributed by atoms with van der Waals surface area (Å²) >= 11 is 5.95. The molecule has 0 aromatic carbocycles. The van der Waals surface area contributed by atoms with Gasteiger partial charge in [0.1, 0.15) is 0 Å². The third-order valence-corrected chi connectivity index (χ3v) is 3.38. The number of hydrogen-bond donors (Lipinski definition) is 0. The summed E-state index contributed by atoms with van der Waals surface area (Å²) in [6.45, 7) is 6.11. The molecule has 1 aromatic heterocycles. The van der Waals surface area contributed by atoms with Crippen LogP contribution in [0.3, 0.4) is 0 Å². The van der Waals surface area contributed by atoms with E-state index in [0.717, 1.165) is 6.42 Å². The Bertz CT molecular complexity index is 390. The molecule has 0 radical (unpaired) electrons. The quantitative estimate of drug-likeness (QED) is 0.814. The normalized spacial score (nSPS) is 11.3. The minimum absolute atomic E-state index is 0.0701. The molecule has 16 heavy (non-hydrogen) atoms. The van der Waals surface area contributed by atoms with Crippen LogP contribution in [0.5, 0.6) is 0 Å². The monoisotopic (exact) mass is 240 g/mol. The molecule has 0 aliphatic heterocycles. The predicted molar refractivity (Wildman–Crippen MR) is 65.7 cm³/mol. The SMILES string of the molecule is CCC(C)(C)N(C)C(=O)c1ccncc1Cl. The average Bonchev–Trinajstić information content (AvgIpc) is 2.27. The van der Waals surface area contributed by atoms with Crippen LogP contribution in [0.2, 0.25) is 5.02 Å². The molecular weight excluding hydrogens is 224 g/mol. The summed E-state index contributed by atoms with van der Waals surface area (Å²) in [4.78, 5) is 17.8. The lowest BCUT2D eigenvalue weighted by Crippen LogP contribution is -2.44. The number of halogens is 1. The van der Waals surface area contributed by atoms with Crippen LogP contribution < -0.4 is 0 Å². The number of pyridine rings is 1. The number of nitrogens with zero attached hydrogens (tertiary/aromatic N) is 2. The number of amides is 1. The summed E-state index contributed by atoms with van der Waals surface area (Å²) in [7, 11) is 1.79. The van der Waals surface area contributed by atoms with Crippen molar-refractivity contribution in [1.29, 1.82) is 0 Å². The minimum Gasteiger partial charge on any atom is -0.337 e. The van der Waals surface area contributed by atoms with Gasteiger partial charge in [-0.15, -0.1) is 0 Å². The molecule has 1 rings (SSSR count). The third kappa shape index (κ3) is 2.53. The Morgan fingerprint density at radius 1 is 1.56 bits per heavy atom. The zero-order chi connectivity index (χ0) is 12.3. The highest BCUT2D eigenvalue weighted by atomic mass is 35.5. The fourth-order valence-corrected chi connectivity index (χ4v) is 1.44. The predicted octanol–water partition coefficient (Wildman–Crippen LogP) is 3.00. The van der Waals surface area contributed by atoms with Crippen LogP contribution >= 0.6 is 11.6 Å². The van der Waals surface area contributed by atoms with Crippen LogP contribution in [0.1, 0.15) is 37.6 Å². The number of hydrogen-bond acceptors (Lipinski definition) is 2. The Hall–Kier alpha value is -1.09. The first-order chi connectivity index (χ1) is 7.40. The van der Waals surface area contributed by atoms with E-state index in [0.29, 0.717) is 10.6 Å². The van der Waals surface area contributed by atoms with E-state index >= 15 is 0 Å². The fraction of sp³-hybridized carbons (Fsp3) is 0.500. The number of aromatic nitrogens is 1. The maximum absolute atomic E-state index is 12.2. The minimum atomic E-state index is -0.177. The Morgan fingerprint density at radius 3 is 2.69 bits per heavy atom. The molecule has 88 valence electrons. The van der Waals surface area contributed by atoms with Crippen LogP contribution in [0, 0.1) is 0 Å². The molecule has 1 heterocycles. The summed E-state index contributed by atoms with van der Waals surface area (Å²) in [5, 5.41) is 0.395. The first kappa shape index (κ1) is 13.0. The van der Waals surface area contributed by atoms with E-state index in [-0.39, 0.29) is 11.4 Å². The van der Waals surface area contributed by atoms with Crippen molar-refractivity contribution in [2.24, 2.45) is 0 Å². The second-order valence-electron chi connectivity index (χ2n) is 4.39. The first-order valence-electron chi connectivity index (χ1n) is 5.28. The highest BCUT2D eigenvalue weighted by Crippen LogP contribution is 2.22. The van der Waals surface area contributed by atoms with E-state index < -0.39 is 0 Å². The van der Waals surface area contributed by atoms with Crippen molar-refractivity contribution in [3.05, 3.63) is 29.0 Å². The molecular formula is C12H17ClN2O. The molecule has 0 atom stereocenters. The molecule has 0 saturated carbocycles. The molecule has 0 bridgehead atoms. The molecule has 0 aliphatic carbocycles. The lowest BCUT2D eigenvalue weighted by atomic mass is 9.99. The maximum atomic E-state index is 12.2. The van der Waals surface area contributed by atoms with E-state index in [2.05, 4.69) is 11.9 Å². The largest absolute Gasteiger partial charge is 0.337 e. The summed E-state index contributed by atoms with van der Waals surface area (Å²) in [5.41, 5.74) is 0.324. The third-order valence-electron chi connectivity index (χ3n) is 3.08. The van der Waals surface area contributed by atoms with Gasteiger partial charge in [-0.1, -0.05) is 18.5 Å². The van der Waals surface area contributed by atoms with Crippen LogP contribution in [0.25, 0.3) is 0 Å². The van der Waals surface area contributed by atoms with E-state index in [9.17, 15) is 4.79 Å². The van der Waals surface area contributed by atoms with Gasteiger partial charge < -0.3 is 4.90 Å². The molecule has 4 heteroatoms. The van der Waals surface area contributed by atoms with Crippen molar-refractivity contribution in [3.63, 3.8) is 0 Å². The van der Waals surface area contributed by atoms with Gasteiger partial charge in [0.15, 0.2) is 0 Å². The zero-order valence-corrected chi connectivity index (χ0v) is 10.9. The van der Waals surface area contributed by atoms with E-state index in [1.807, 2.05) is 13.8 Å². The van der Waals surface area contributed by atoms with Gasteiger partial charge in [-0.05, 0) is 26.3 Å². The molecule has 0 saturated heterocycles. The number of rotatable bonds is 3. The summed E-state index contributed by atoms with van der Waals surface area (Å²) in [5.74, 6) is -0.0701. The second kappa shape index (κ2) is 4.83. The van der Waals surface area contributed by atoms with Gasteiger partial charge in [0, 0.05) is 25.0 Å². The Morgan fingerprint density at radius 2 is 2.19 bits per heavy atom. The van der Waals surface area contributed by atoms with Gasteiger partial charge in [0.05, 0.1) is 10.6 Å². The number of carbonyl (C=O) groups is 1. The lowest BCUT2D eigenvalue weighted by molar-refractivity contribution is 0.0620. The smallest absolute Gasteiger partial charge is 0.255 e. The Kier molecular flexibility index (Phi) is 3.92. The molecule has 0 unspecified atom stereocenters. The molecule has 0 fully saturated rings. The molecule has 1 amide bonds. The summed E-state index contributed by atoms with van der Waals surface area (Å²) in [6.07, 6.45) is 3.95. The highest BCUT2D eigenvalue weighted by molar-refractivity contribution is 6.33. The van der Waals surface area contributed by atoms with Crippen molar-refractivity contribution < 1.29 is 4.79 Å². The fourth-order valence-electron chi connectivity index (χ4n) is 1.24. The second-order valence-corrected chi connectivity index (χ2v) is 4.79. The van der Waals surface area contributed by atoms with Gasteiger partial charge in [0.25, 0.3) is 5.91 Å². The van der Waals surface area contributed by atoms with Gasteiger partial charge in [-0.2, -0.15) is 0 Å². The topological polar surface area (TPSA) is 33.2 Å². The molecule has 0 spiro atoms. The van der Waals surface area contributed by atoms with Crippen LogP contribution in [0.15, 0.2) is 18.5 Å². The maximum Gasteiger partial charge on any atom is 0.255 e. The van der Waals surface area contributed by atoms with Crippen LogP contribution in [-0.2, 0) is 0 Å². The molecule has 0 N–H and O–H groups in total. The van der Waals surface area contributed by atoms with Crippen LogP contribution in [-0.4, -0.2) is 28.4 Å². The number of carbonyl (C=O) groups excluding carboxylic acids is 1. The van der Waals surface area contributed by atoms with Crippen molar-refractivity contribution >= 4 is 17.5 Å². The lowest BCUT2D eigenvalue weighted by Gasteiger charge is -2.35. The molecule has 0 aliphatic rings. The highest BCUT2D eigenvalue weighted by Gasteiger charge is 2.27. The van der Waals surface area contributed by atoms with Crippen molar-refractivity contribution in [1.82, 2.24) is 9.88 Å². The van der Waals surface area contributed by atoms with Gasteiger partial charge in [0.2, 0.25) is 0 Å². The van der Waals surface area contributed by atoms with Crippen molar-refractivity contribution in [3.8, 4) is 0 Å². The average molecular weight is 241 g/mol. The summed E-state index contributed by atoms with van der Waals surface area (Å²) in [6, 6.07) is 1.65.